The van der Waals surface area contributed by atoms with Crippen molar-refractivity contribution in [1.29, 1.82) is 0 Å². The Morgan fingerprint density at radius 3 is 1.95 bits per heavy atom. The molecule has 0 bridgehead atoms. The van der Waals surface area contributed by atoms with E-state index in [1.165, 1.54) is 18.4 Å². The van der Waals surface area contributed by atoms with Crippen LogP contribution in [0.25, 0.3) is 6.08 Å². The maximum atomic E-state index is 2.54. The molecule has 1 aromatic rings. The monoisotopic (exact) mass is 358 g/mol. The van der Waals surface area contributed by atoms with Gasteiger partial charge in [-0.05, 0) is 0 Å². The molecule has 100 valence electrons. The van der Waals surface area contributed by atoms with E-state index >= 15 is 0 Å². The first-order valence-electron chi connectivity index (χ1n) is 6.76. The van der Waals surface area contributed by atoms with E-state index in [-0.39, 0.29) is 12.4 Å². The van der Waals surface area contributed by atoms with Gasteiger partial charge in [0.1, 0.15) is 0 Å². The van der Waals surface area contributed by atoms with E-state index in [9.17, 15) is 0 Å². The van der Waals surface area contributed by atoms with Gasteiger partial charge in [0.15, 0.2) is 0 Å². The zero-order valence-electron chi connectivity index (χ0n) is 11.3. The molecule has 2 aliphatic carbocycles. The fraction of sp³-hybridized carbons (Fsp3) is 0.111. The van der Waals surface area contributed by atoms with Crippen molar-refractivity contribution < 1.29 is 34.2 Å². The van der Waals surface area contributed by atoms with Gasteiger partial charge < -0.3 is 12.4 Å². The zero-order valence-corrected chi connectivity index (χ0v) is 14.5. The molecule has 2 aliphatic rings. The third kappa shape index (κ3) is 3.81. The maximum absolute atomic E-state index is 2.54. The summed E-state index contributed by atoms with van der Waals surface area (Å²) in [5.74, 6) is 0. The Bertz CT molecular complexity index is 561. The van der Waals surface area contributed by atoms with E-state index in [1.807, 2.05) is 0 Å². The summed E-state index contributed by atoms with van der Waals surface area (Å²) < 4.78 is 5.93. The molecule has 0 saturated heterocycles. The van der Waals surface area contributed by atoms with Crippen LogP contribution in [-0.2, 0) is 21.8 Å². The van der Waals surface area contributed by atoms with E-state index in [0.29, 0.717) is 0 Å². The second kappa shape index (κ2) is 7.76. The minimum absolute atomic E-state index is 0. The summed E-state index contributed by atoms with van der Waals surface area (Å²) in [4.78, 5) is 0. The SMILES string of the molecule is C1=CC[C]([Zr+](/[CH]=C/c2ccccc2)[C]2=CC=CC2)=C1.[Cl-]. The van der Waals surface area contributed by atoms with Crippen LogP contribution >= 0.6 is 0 Å². The van der Waals surface area contributed by atoms with E-state index in [0.717, 1.165) is 0 Å². The van der Waals surface area contributed by atoms with Crippen LogP contribution in [0.1, 0.15) is 18.4 Å². The van der Waals surface area contributed by atoms with Crippen molar-refractivity contribution in [3.63, 3.8) is 0 Å². The maximum Gasteiger partial charge on any atom is -1.00 e. The van der Waals surface area contributed by atoms with E-state index in [1.54, 1.807) is 6.56 Å². The van der Waals surface area contributed by atoms with Crippen LogP contribution in [0.5, 0.6) is 0 Å². The molecule has 0 heterocycles. The number of halogens is 1. The van der Waals surface area contributed by atoms with Crippen LogP contribution in [-0.4, -0.2) is 0 Å². The van der Waals surface area contributed by atoms with Gasteiger partial charge in [-0.1, -0.05) is 0 Å². The molecule has 0 N–H and O–H groups in total. The van der Waals surface area contributed by atoms with Crippen molar-refractivity contribution in [1.82, 2.24) is 0 Å². The van der Waals surface area contributed by atoms with E-state index < -0.39 is 21.8 Å². The van der Waals surface area contributed by atoms with Crippen LogP contribution in [0.15, 0.2) is 77.1 Å². The van der Waals surface area contributed by atoms with Crippen LogP contribution < -0.4 is 12.4 Å². The fourth-order valence-electron chi connectivity index (χ4n) is 2.46. The smallest absolute Gasteiger partial charge is 1.00 e. The first kappa shape index (κ1) is 15.5. The summed E-state index contributed by atoms with van der Waals surface area (Å²) in [6.07, 6.45) is 18.4. The van der Waals surface area contributed by atoms with Gasteiger partial charge in [-0.2, -0.15) is 0 Å². The molecule has 20 heavy (non-hydrogen) atoms. The van der Waals surface area contributed by atoms with Gasteiger partial charge in [0, 0.05) is 0 Å². The third-order valence-electron chi connectivity index (χ3n) is 3.48. The van der Waals surface area contributed by atoms with Crippen LogP contribution in [0.3, 0.4) is 0 Å². The molecule has 0 nitrogen and oxygen atoms in total. The molecular weight excluding hydrogens is 343 g/mol. The van der Waals surface area contributed by atoms with Gasteiger partial charge in [-0.3, -0.25) is 0 Å². The fourth-order valence-corrected chi connectivity index (χ4v) is 8.42. The van der Waals surface area contributed by atoms with E-state index in [2.05, 4.69) is 76.6 Å². The Hall–Kier alpha value is -0.907. The molecular formula is C18H17ClZr. The van der Waals surface area contributed by atoms with Crippen molar-refractivity contribution in [3.05, 3.63) is 82.7 Å². The van der Waals surface area contributed by atoms with Crippen molar-refractivity contribution >= 4 is 6.08 Å². The average molecular weight is 360 g/mol. The minimum atomic E-state index is -1.73. The van der Waals surface area contributed by atoms with Gasteiger partial charge in [0.25, 0.3) is 0 Å². The predicted molar refractivity (Wildman–Crippen MR) is 79.2 cm³/mol. The van der Waals surface area contributed by atoms with Gasteiger partial charge in [-0.15, -0.1) is 0 Å². The molecule has 0 aromatic heterocycles. The molecule has 0 spiro atoms. The first-order chi connectivity index (χ1) is 9.43. The van der Waals surface area contributed by atoms with Crippen LogP contribution in [0, 0.1) is 0 Å². The Morgan fingerprint density at radius 1 is 0.850 bits per heavy atom. The number of rotatable bonds is 4. The van der Waals surface area contributed by atoms with Crippen molar-refractivity contribution in [3.8, 4) is 0 Å². The zero-order chi connectivity index (χ0) is 12.9. The molecule has 0 unspecified atom stereocenters. The van der Waals surface area contributed by atoms with Crippen molar-refractivity contribution in [2.24, 2.45) is 0 Å². The van der Waals surface area contributed by atoms with Gasteiger partial charge in [0.2, 0.25) is 0 Å². The second-order valence-electron chi connectivity index (χ2n) is 4.81. The quantitative estimate of drug-likeness (QED) is 0.771. The summed E-state index contributed by atoms with van der Waals surface area (Å²) in [5.41, 5.74) is 1.32. The first-order valence-corrected chi connectivity index (χ1v) is 10.6. The minimum Gasteiger partial charge on any atom is -1.00 e. The molecule has 2 heteroatoms. The Morgan fingerprint density at radius 2 is 1.45 bits per heavy atom. The summed E-state index contributed by atoms with van der Waals surface area (Å²) in [7, 11) is 0. The largest absolute Gasteiger partial charge is 1.00 e. The van der Waals surface area contributed by atoms with Gasteiger partial charge in [0.05, 0.1) is 0 Å². The summed E-state index contributed by atoms with van der Waals surface area (Å²) in [5, 5.41) is 0. The van der Waals surface area contributed by atoms with Gasteiger partial charge >= 0.3 is 123 Å². The van der Waals surface area contributed by atoms with Crippen molar-refractivity contribution in [2.45, 2.75) is 12.8 Å². The summed E-state index contributed by atoms with van der Waals surface area (Å²) in [6.45, 7) is 0. The second-order valence-corrected chi connectivity index (χ2v) is 10.8. The summed E-state index contributed by atoms with van der Waals surface area (Å²) >= 11 is -1.73. The average Bonchev–Trinajstić information content (AvgIpc) is 3.13. The normalized spacial score (nSPS) is 16.2. The molecule has 1 aromatic carbocycles. The number of benzene rings is 1. The predicted octanol–water partition coefficient (Wildman–Crippen LogP) is 1.97. The Labute approximate surface area is 135 Å². The molecule has 0 fully saturated rings. The standard InChI is InChI=1S/C8H7.2C5H5.ClH.Zr/c1-2-8-6-4-3-5-7-8;2*1-2-4-5-3-1;;/h1-7H;2*1-3H,4H2;1H;/q;;;;+1/p-1. The van der Waals surface area contributed by atoms with Crippen LogP contribution in [0.4, 0.5) is 0 Å². The van der Waals surface area contributed by atoms with E-state index in [4.69, 9.17) is 0 Å². The third-order valence-corrected chi connectivity index (χ3v) is 9.93. The van der Waals surface area contributed by atoms with Crippen LogP contribution in [0.2, 0.25) is 0 Å². The number of hydrogen-bond acceptors (Lipinski definition) is 0. The van der Waals surface area contributed by atoms with Gasteiger partial charge in [-0.25, -0.2) is 0 Å². The number of hydrogen-bond donors (Lipinski definition) is 0. The Kier molecular flexibility index (Phi) is 6.01. The van der Waals surface area contributed by atoms with Crippen molar-refractivity contribution in [2.75, 3.05) is 0 Å². The molecule has 3 rings (SSSR count). The molecule has 0 atom stereocenters. The topological polar surface area (TPSA) is 0 Å². The summed E-state index contributed by atoms with van der Waals surface area (Å²) in [6, 6.07) is 10.6. The molecule has 0 amide bonds. The molecule has 0 radical (unpaired) electrons. The molecule has 0 saturated carbocycles. The molecule has 0 aliphatic heterocycles. The number of allylic oxidation sites excluding steroid dienone is 8. The Balaban J connectivity index is 0.00000147.